The number of ether oxygens (including phenoxy) is 2. The Morgan fingerprint density at radius 3 is 2.67 bits per heavy atom. The summed E-state index contributed by atoms with van der Waals surface area (Å²) in [5.74, 6) is 1.36. The molecule has 0 saturated heterocycles. The number of anilines is 1. The van der Waals surface area contributed by atoms with E-state index in [-0.39, 0.29) is 0 Å². The maximum Gasteiger partial charge on any atom is 0.141 e. The fourth-order valence-electron chi connectivity index (χ4n) is 1.42. The van der Waals surface area contributed by atoms with Crippen LogP contribution in [0.15, 0.2) is 24.3 Å². The Bertz CT molecular complexity index is 289. The third-order valence-corrected chi connectivity index (χ3v) is 2.20. The van der Waals surface area contributed by atoms with Crippen LogP contribution in [0.4, 0.5) is 5.69 Å². The third kappa shape index (κ3) is 3.80. The minimum atomic E-state index is 0.486. The zero-order valence-corrected chi connectivity index (χ0v) is 9.62. The molecule has 0 aliphatic rings. The summed E-state index contributed by atoms with van der Waals surface area (Å²) in [5, 5.41) is 3.34. The van der Waals surface area contributed by atoms with Crippen LogP contribution in [0.5, 0.6) is 5.75 Å². The van der Waals surface area contributed by atoms with Gasteiger partial charge in [0.15, 0.2) is 0 Å². The van der Waals surface area contributed by atoms with Crippen LogP contribution in [-0.2, 0) is 4.74 Å². The lowest BCUT2D eigenvalue weighted by Crippen LogP contribution is -2.16. The number of hydrogen-bond donors (Lipinski definition) is 1. The van der Waals surface area contributed by atoms with Crippen LogP contribution in [0.1, 0.15) is 6.92 Å². The highest BCUT2D eigenvalue weighted by molar-refractivity contribution is 5.56. The summed E-state index contributed by atoms with van der Waals surface area (Å²) in [4.78, 5) is 0. The standard InChI is InChI=1S/C12H19NO2/c1-10(9-14-2)8-13-11-6-4-5-7-12(11)15-3/h4-7,10,13H,8-9H2,1-3H3. The van der Waals surface area contributed by atoms with Gasteiger partial charge in [-0.15, -0.1) is 0 Å². The molecule has 0 bridgehead atoms. The summed E-state index contributed by atoms with van der Waals surface area (Å²) >= 11 is 0. The second kappa shape index (κ2) is 6.30. The predicted molar refractivity (Wildman–Crippen MR) is 62.5 cm³/mol. The summed E-state index contributed by atoms with van der Waals surface area (Å²) in [6.45, 7) is 3.79. The van der Waals surface area contributed by atoms with Gasteiger partial charge >= 0.3 is 0 Å². The minimum Gasteiger partial charge on any atom is -0.495 e. The lowest BCUT2D eigenvalue weighted by molar-refractivity contribution is 0.164. The first-order valence-electron chi connectivity index (χ1n) is 5.13. The highest BCUT2D eigenvalue weighted by Crippen LogP contribution is 2.23. The topological polar surface area (TPSA) is 30.5 Å². The van der Waals surface area contributed by atoms with Crippen molar-refractivity contribution in [2.45, 2.75) is 6.92 Å². The van der Waals surface area contributed by atoms with E-state index in [9.17, 15) is 0 Å². The van der Waals surface area contributed by atoms with Crippen molar-refractivity contribution >= 4 is 5.69 Å². The van der Waals surface area contributed by atoms with Crippen molar-refractivity contribution in [2.24, 2.45) is 5.92 Å². The summed E-state index contributed by atoms with van der Waals surface area (Å²) in [6, 6.07) is 7.91. The molecule has 1 unspecified atom stereocenters. The van der Waals surface area contributed by atoms with Crippen molar-refractivity contribution in [3.05, 3.63) is 24.3 Å². The minimum absolute atomic E-state index is 0.486. The van der Waals surface area contributed by atoms with Crippen molar-refractivity contribution in [3.63, 3.8) is 0 Å². The van der Waals surface area contributed by atoms with E-state index in [1.54, 1.807) is 14.2 Å². The fraction of sp³-hybridized carbons (Fsp3) is 0.500. The van der Waals surface area contributed by atoms with Crippen molar-refractivity contribution < 1.29 is 9.47 Å². The number of rotatable bonds is 6. The van der Waals surface area contributed by atoms with E-state index in [2.05, 4.69) is 12.2 Å². The molecule has 1 atom stereocenters. The Morgan fingerprint density at radius 1 is 1.27 bits per heavy atom. The first-order valence-corrected chi connectivity index (χ1v) is 5.13. The van der Waals surface area contributed by atoms with Crippen LogP contribution >= 0.6 is 0 Å². The molecule has 0 amide bonds. The first-order chi connectivity index (χ1) is 7.27. The van der Waals surface area contributed by atoms with Gasteiger partial charge in [-0.2, -0.15) is 0 Å². The van der Waals surface area contributed by atoms with Gasteiger partial charge in [-0.3, -0.25) is 0 Å². The molecule has 1 N–H and O–H groups in total. The molecule has 15 heavy (non-hydrogen) atoms. The largest absolute Gasteiger partial charge is 0.495 e. The van der Waals surface area contributed by atoms with Gasteiger partial charge in [0.1, 0.15) is 5.75 Å². The highest BCUT2D eigenvalue weighted by Gasteiger charge is 2.04. The molecule has 3 heteroatoms. The molecule has 3 nitrogen and oxygen atoms in total. The summed E-state index contributed by atoms with van der Waals surface area (Å²) in [6.07, 6.45) is 0. The number of para-hydroxylation sites is 2. The maximum atomic E-state index is 5.24. The van der Waals surface area contributed by atoms with Crippen molar-refractivity contribution in [2.75, 3.05) is 32.7 Å². The molecule has 0 heterocycles. The smallest absolute Gasteiger partial charge is 0.141 e. The third-order valence-electron chi connectivity index (χ3n) is 2.20. The van der Waals surface area contributed by atoms with Crippen LogP contribution in [0.3, 0.4) is 0 Å². The zero-order chi connectivity index (χ0) is 11.1. The Morgan fingerprint density at radius 2 is 2.00 bits per heavy atom. The van der Waals surface area contributed by atoms with Crippen molar-refractivity contribution in [1.82, 2.24) is 0 Å². The number of methoxy groups -OCH3 is 2. The predicted octanol–water partition coefficient (Wildman–Crippen LogP) is 2.39. The SMILES string of the molecule is COCC(C)CNc1ccccc1OC. The molecule has 0 fully saturated rings. The summed E-state index contributed by atoms with van der Waals surface area (Å²) < 4.78 is 10.3. The van der Waals surface area contributed by atoms with E-state index in [4.69, 9.17) is 9.47 Å². The number of nitrogens with one attached hydrogen (secondary N) is 1. The number of benzene rings is 1. The molecular formula is C12H19NO2. The molecule has 0 radical (unpaired) electrons. The monoisotopic (exact) mass is 209 g/mol. The van der Waals surface area contributed by atoms with Crippen LogP contribution in [0, 0.1) is 5.92 Å². The van der Waals surface area contributed by atoms with Gasteiger partial charge in [0.05, 0.1) is 19.4 Å². The van der Waals surface area contributed by atoms with E-state index in [0.29, 0.717) is 5.92 Å². The molecule has 1 aromatic carbocycles. The van der Waals surface area contributed by atoms with Crippen molar-refractivity contribution in [3.8, 4) is 5.75 Å². The summed E-state index contributed by atoms with van der Waals surface area (Å²) in [7, 11) is 3.40. The van der Waals surface area contributed by atoms with Crippen molar-refractivity contribution in [1.29, 1.82) is 0 Å². The molecule has 0 aliphatic carbocycles. The Hall–Kier alpha value is -1.22. The molecule has 0 aromatic heterocycles. The number of hydrogen-bond acceptors (Lipinski definition) is 3. The first kappa shape index (κ1) is 11.9. The van der Waals surface area contributed by atoms with E-state index in [1.807, 2.05) is 24.3 Å². The molecule has 0 spiro atoms. The molecule has 0 saturated carbocycles. The van der Waals surface area contributed by atoms with Gasteiger partial charge < -0.3 is 14.8 Å². The van der Waals surface area contributed by atoms with E-state index < -0.39 is 0 Å². The molecule has 1 aromatic rings. The van der Waals surface area contributed by atoms with Crippen LogP contribution in [-0.4, -0.2) is 27.4 Å². The van der Waals surface area contributed by atoms with Gasteiger partial charge in [-0.1, -0.05) is 19.1 Å². The van der Waals surface area contributed by atoms with E-state index in [0.717, 1.165) is 24.6 Å². The highest BCUT2D eigenvalue weighted by atomic mass is 16.5. The average molecular weight is 209 g/mol. The molecular weight excluding hydrogens is 190 g/mol. The van der Waals surface area contributed by atoms with Gasteiger partial charge in [0.25, 0.3) is 0 Å². The maximum absolute atomic E-state index is 5.24. The Balaban J connectivity index is 2.49. The van der Waals surface area contributed by atoms with E-state index >= 15 is 0 Å². The Kier molecular flexibility index (Phi) is 4.98. The normalized spacial score (nSPS) is 12.2. The quantitative estimate of drug-likeness (QED) is 0.780. The van der Waals surface area contributed by atoms with Gasteiger partial charge in [-0.05, 0) is 18.1 Å². The average Bonchev–Trinajstić information content (AvgIpc) is 2.27. The van der Waals surface area contributed by atoms with Gasteiger partial charge in [0, 0.05) is 13.7 Å². The van der Waals surface area contributed by atoms with Crippen LogP contribution in [0.25, 0.3) is 0 Å². The second-order valence-electron chi connectivity index (χ2n) is 3.64. The molecule has 1 rings (SSSR count). The molecule has 0 aliphatic heterocycles. The van der Waals surface area contributed by atoms with Crippen LogP contribution < -0.4 is 10.1 Å². The summed E-state index contributed by atoms with van der Waals surface area (Å²) in [5.41, 5.74) is 1.03. The zero-order valence-electron chi connectivity index (χ0n) is 9.62. The van der Waals surface area contributed by atoms with Crippen LogP contribution in [0.2, 0.25) is 0 Å². The fourth-order valence-corrected chi connectivity index (χ4v) is 1.42. The Labute approximate surface area is 91.4 Å². The van der Waals surface area contributed by atoms with Gasteiger partial charge in [0.2, 0.25) is 0 Å². The lowest BCUT2D eigenvalue weighted by Gasteiger charge is -2.14. The second-order valence-corrected chi connectivity index (χ2v) is 3.64. The molecule has 84 valence electrons. The van der Waals surface area contributed by atoms with Gasteiger partial charge in [-0.25, -0.2) is 0 Å². The van der Waals surface area contributed by atoms with E-state index in [1.165, 1.54) is 0 Å². The lowest BCUT2D eigenvalue weighted by atomic mass is 10.2.